The Bertz CT molecular complexity index is 532. The summed E-state index contributed by atoms with van der Waals surface area (Å²) in [6.07, 6.45) is 0.812. The smallest absolute Gasteiger partial charge is 0.150 e. The average Bonchev–Trinajstić information content (AvgIpc) is 2.36. The number of carbonyl (C=O) groups excluding carboxylic acids is 1. The minimum Gasteiger partial charge on any atom is -0.497 e. The summed E-state index contributed by atoms with van der Waals surface area (Å²) in [5, 5.41) is 1.90. The van der Waals surface area contributed by atoms with Crippen molar-refractivity contribution in [3.8, 4) is 11.5 Å². The number of carbonyl (C=O) groups is 1. The zero-order chi connectivity index (χ0) is 11.5. The summed E-state index contributed by atoms with van der Waals surface area (Å²) < 4.78 is 10.4. The Morgan fingerprint density at radius 3 is 2.50 bits per heavy atom. The van der Waals surface area contributed by atoms with Crippen molar-refractivity contribution in [2.24, 2.45) is 0 Å². The molecule has 0 aliphatic carbocycles. The van der Waals surface area contributed by atoms with Gasteiger partial charge in [0.05, 0.1) is 14.2 Å². The summed E-state index contributed by atoms with van der Waals surface area (Å²) in [5.41, 5.74) is 0.606. The first kappa shape index (κ1) is 10.5. The van der Waals surface area contributed by atoms with Crippen LogP contribution in [0.4, 0.5) is 0 Å². The van der Waals surface area contributed by atoms with Crippen molar-refractivity contribution in [3.63, 3.8) is 0 Å². The summed E-state index contributed by atoms with van der Waals surface area (Å²) in [5.74, 6) is 1.45. The van der Waals surface area contributed by atoms with Gasteiger partial charge < -0.3 is 9.47 Å². The Morgan fingerprint density at radius 1 is 1.06 bits per heavy atom. The monoisotopic (exact) mass is 216 g/mol. The molecule has 2 aromatic carbocycles. The van der Waals surface area contributed by atoms with Crippen LogP contribution in [0.5, 0.6) is 11.5 Å². The van der Waals surface area contributed by atoms with Gasteiger partial charge in [0.2, 0.25) is 0 Å². The van der Waals surface area contributed by atoms with Crippen LogP contribution in [0.15, 0.2) is 30.3 Å². The van der Waals surface area contributed by atoms with Crippen molar-refractivity contribution in [2.45, 2.75) is 0 Å². The molecule has 16 heavy (non-hydrogen) atoms. The van der Waals surface area contributed by atoms with E-state index in [9.17, 15) is 4.79 Å². The molecule has 0 aromatic heterocycles. The lowest BCUT2D eigenvalue weighted by molar-refractivity contribution is 0.112. The molecule has 3 heteroatoms. The van der Waals surface area contributed by atoms with Crippen LogP contribution in [0.25, 0.3) is 10.8 Å². The lowest BCUT2D eigenvalue weighted by Crippen LogP contribution is -1.90. The van der Waals surface area contributed by atoms with Gasteiger partial charge in [-0.05, 0) is 29.7 Å². The molecule has 0 fully saturated rings. The SMILES string of the molecule is COc1ccc2cc(C=O)cc(OC)c2c1. The van der Waals surface area contributed by atoms with E-state index >= 15 is 0 Å². The fourth-order valence-electron chi connectivity index (χ4n) is 1.69. The number of fused-ring (bicyclic) bond motifs is 1. The van der Waals surface area contributed by atoms with Gasteiger partial charge in [0.25, 0.3) is 0 Å². The van der Waals surface area contributed by atoms with E-state index in [0.717, 1.165) is 22.8 Å². The molecule has 0 spiro atoms. The maximum Gasteiger partial charge on any atom is 0.150 e. The van der Waals surface area contributed by atoms with Gasteiger partial charge in [0.15, 0.2) is 0 Å². The van der Waals surface area contributed by atoms with Crippen molar-refractivity contribution in [1.29, 1.82) is 0 Å². The highest BCUT2D eigenvalue weighted by molar-refractivity contribution is 5.94. The minimum atomic E-state index is 0.606. The van der Waals surface area contributed by atoms with Gasteiger partial charge in [-0.2, -0.15) is 0 Å². The first-order valence-electron chi connectivity index (χ1n) is 4.89. The van der Waals surface area contributed by atoms with Gasteiger partial charge in [-0.25, -0.2) is 0 Å². The van der Waals surface area contributed by atoms with Gasteiger partial charge in [0.1, 0.15) is 17.8 Å². The molecule has 0 aliphatic heterocycles. The third-order valence-electron chi connectivity index (χ3n) is 2.50. The van der Waals surface area contributed by atoms with Crippen LogP contribution in [0.2, 0.25) is 0 Å². The van der Waals surface area contributed by atoms with E-state index in [1.54, 1.807) is 20.3 Å². The molecule has 2 aromatic rings. The normalized spacial score (nSPS) is 10.1. The van der Waals surface area contributed by atoms with Crippen LogP contribution in [-0.4, -0.2) is 20.5 Å². The predicted octanol–water partition coefficient (Wildman–Crippen LogP) is 2.67. The third-order valence-corrected chi connectivity index (χ3v) is 2.50. The predicted molar refractivity (Wildman–Crippen MR) is 62.4 cm³/mol. The standard InChI is InChI=1S/C13H12O3/c1-15-11-4-3-10-5-9(8-14)6-13(16-2)12(10)7-11/h3-8H,1-2H3. The van der Waals surface area contributed by atoms with Crippen LogP contribution in [-0.2, 0) is 0 Å². The first-order valence-corrected chi connectivity index (χ1v) is 4.89. The van der Waals surface area contributed by atoms with E-state index in [-0.39, 0.29) is 0 Å². The number of hydrogen-bond donors (Lipinski definition) is 0. The van der Waals surface area contributed by atoms with Crippen LogP contribution in [0.3, 0.4) is 0 Å². The zero-order valence-electron chi connectivity index (χ0n) is 9.19. The molecule has 3 nitrogen and oxygen atoms in total. The number of benzene rings is 2. The van der Waals surface area contributed by atoms with E-state index in [0.29, 0.717) is 11.3 Å². The molecule has 0 N–H and O–H groups in total. The summed E-state index contributed by atoms with van der Waals surface area (Å²) in [4.78, 5) is 10.8. The highest BCUT2D eigenvalue weighted by Gasteiger charge is 2.05. The van der Waals surface area contributed by atoms with Crippen molar-refractivity contribution < 1.29 is 14.3 Å². The lowest BCUT2D eigenvalue weighted by atomic mass is 10.1. The Kier molecular flexibility index (Phi) is 2.77. The number of aldehydes is 1. The van der Waals surface area contributed by atoms with Gasteiger partial charge in [0, 0.05) is 10.9 Å². The highest BCUT2D eigenvalue weighted by Crippen LogP contribution is 2.30. The maximum absolute atomic E-state index is 10.8. The molecule has 0 atom stereocenters. The summed E-state index contributed by atoms with van der Waals surface area (Å²) in [6.45, 7) is 0. The van der Waals surface area contributed by atoms with Crippen LogP contribution < -0.4 is 9.47 Å². The minimum absolute atomic E-state index is 0.606. The van der Waals surface area contributed by atoms with Crippen molar-refractivity contribution in [1.82, 2.24) is 0 Å². The number of hydrogen-bond acceptors (Lipinski definition) is 3. The van der Waals surface area contributed by atoms with E-state index < -0.39 is 0 Å². The molecular weight excluding hydrogens is 204 g/mol. The van der Waals surface area contributed by atoms with Gasteiger partial charge in [-0.15, -0.1) is 0 Å². The molecule has 0 radical (unpaired) electrons. The average molecular weight is 216 g/mol. The highest BCUT2D eigenvalue weighted by atomic mass is 16.5. The summed E-state index contributed by atoms with van der Waals surface area (Å²) in [6, 6.07) is 9.20. The fraction of sp³-hybridized carbons (Fsp3) is 0.154. The van der Waals surface area contributed by atoms with Gasteiger partial charge >= 0.3 is 0 Å². The lowest BCUT2D eigenvalue weighted by Gasteiger charge is -2.08. The second-order valence-corrected chi connectivity index (χ2v) is 3.43. The Labute approximate surface area is 93.6 Å². The molecule has 0 saturated heterocycles. The largest absolute Gasteiger partial charge is 0.497 e. The van der Waals surface area contributed by atoms with Crippen LogP contribution in [0, 0.1) is 0 Å². The first-order chi connectivity index (χ1) is 7.78. The fourth-order valence-corrected chi connectivity index (χ4v) is 1.69. The van der Waals surface area contributed by atoms with E-state index in [4.69, 9.17) is 9.47 Å². The summed E-state index contributed by atoms with van der Waals surface area (Å²) >= 11 is 0. The van der Waals surface area contributed by atoms with E-state index in [1.165, 1.54) is 0 Å². The topological polar surface area (TPSA) is 35.5 Å². The second kappa shape index (κ2) is 4.23. The van der Waals surface area contributed by atoms with Crippen LogP contribution in [0.1, 0.15) is 10.4 Å². The molecular formula is C13H12O3. The van der Waals surface area contributed by atoms with Gasteiger partial charge in [-0.1, -0.05) is 6.07 Å². The summed E-state index contributed by atoms with van der Waals surface area (Å²) in [7, 11) is 3.20. The van der Waals surface area contributed by atoms with Gasteiger partial charge in [-0.3, -0.25) is 4.79 Å². The third kappa shape index (κ3) is 1.72. The number of methoxy groups -OCH3 is 2. The second-order valence-electron chi connectivity index (χ2n) is 3.43. The molecule has 82 valence electrons. The van der Waals surface area contributed by atoms with Crippen molar-refractivity contribution in [3.05, 3.63) is 35.9 Å². The molecule has 2 rings (SSSR count). The quantitative estimate of drug-likeness (QED) is 0.740. The number of rotatable bonds is 3. The van der Waals surface area contributed by atoms with E-state index in [2.05, 4.69) is 0 Å². The molecule has 0 bridgehead atoms. The van der Waals surface area contributed by atoms with Crippen molar-refractivity contribution >= 4 is 17.1 Å². The molecule has 0 heterocycles. The zero-order valence-corrected chi connectivity index (χ0v) is 9.19. The molecule has 0 amide bonds. The Hall–Kier alpha value is -2.03. The number of ether oxygens (including phenoxy) is 2. The van der Waals surface area contributed by atoms with Crippen molar-refractivity contribution in [2.75, 3.05) is 14.2 Å². The molecule has 0 unspecified atom stereocenters. The molecule has 0 saturated carbocycles. The van der Waals surface area contributed by atoms with Crippen LogP contribution >= 0.6 is 0 Å². The van der Waals surface area contributed by atoms with E-state index in [1.807, 2.05) is 24.3 Å². The maximum atomic E-state index is 10.8. The Morgan fingerprint density at radius 2 is 1.88 bits per heavy atom. The molecule has 0 aliphatic rings. The Balaban J connectivity index is 2.73.